The third-order valence-electron chi connectivity index (χ3n) is 5.01. The topological polar surface area (TPSA) is 122 Å². The van der Waals surface area contributed by atoms with Crippen LogP contribution in [-0.2, 0) is 14.4 Å². The van der Waals surface area contributed by atoms with Gasteiger partial charge in [0.15, 0.2) is 0 Å². The van der Waals surface area contributed by atoms with Crippen molar-refractivity contribution < 1.29 is 41.8 Å². The molecule has 0 aliphatic carbocycles. The van der Waals surface area contributed by atoms with E-state index in [9.17, 15) is 37.1 Å². The van der Waals surface area contributed by atoms with Gasteiger partial charge in [0.25, 0.3) is 17.7 Å². The van der Waals surface area contributed by atoms with Gasteiger partial charge in [0.05, 0.1) is 12.1 Å². The third kappa shape index (κ3) is 5.24. The standard InChI is InChI=1S/C19H23F4N3O5/c1-3-12-14(15(27)25-11-9-10(20)5-6-13(11)31-12)26(8-7-19(21,22)23)17(29)18(30,4-2)16(24)28/h5-6,9,12,14,30H,3-4,7-8H2,1-2H3,(H2,24,28)(H,25,27)/t12-,14+,18?/m1/s1. The molecule has 1 unspecified atom stereocenters. The van der Waals surface area contributed by atoms with Gasteiger partial charge in [-0.2, -0.15) is 13.2 Å². The molecule has 0 bridgehead atoms. The smallest absolute Gasteiger partial charge is 0.390 e. The number of hydrogen-bond acceptors (Lipinski definition) is 5. The molecule has 1 heterocycles. The Hall–Kier alpha value is -2.89. The Bertz CT molecular complexity index is 863. The number of aliphatic hydroxyl groups is 1. The minimum absolute atomic E-state index is 0.0491. The van der Waals surface area contributed by atoms with Crippen LogP contribution in [0.15, 0.2) is 18.2 Å². The molecule has 0 fully saturated rings. The Labute approximate surface area is 175 Å². The summed E-state index contributed by atoms with van der Waals surface area (Å²) in [6, 6.07) is 1.58. The van der Waals surface area contributed by atoms with E-state index in [0.717, 1.165) is 12.1 Å². The lowest BCUT2D eigenvalue weighted by Gasteiger charge is -2.38. The number of hydrogen-bond donors (Lipinski definition) is 3. The van der Waals surface area contributed by atoms with Gasteiger partial charge < -0.3 is 25.8 Å². The van der Waals surface area contributed by atoms with Crippen LogP contribution in [0.4, 0.5) is 23.2 Å². The van der Waals surface area contributed by atoms with Crippen LogP contribution in [0.2, 0.25) is 0 Å². The van der Waals surface area contributed by atoms with Crippen molar-refractivity contribution in [1.29, 1.82) is 0 Å². The second-order valence-electron chi connectivity index (χ2n) is 7.08. The molecule has 0 radical (unpaired) electrons. The van der Waals surface area contributed by atoms with E-state index in [-0.39, 0.29) is 17.9 Å². The normalized spacial score (nSPS) is 20.5. The van der Waals surface area contributed by atoms with Crippen LogP contribution in [0.1, 0.15) is 33.1 Å². The lowest BCUT2D eigenvalue weighted by Crippen LogP contribution is -2.63. The summed E-state index contributed by atoms with van der Waals surface area (Å²) in [5, 5.41) is 12.8. The number of carbonyl (C=O) groups excluding carboxylic acids is 3. The van der Waals surface area contributed by atoms with Crippen molar-refractivity contribution in [2.24, 2.45) is 5.73 Å². The van der Waals surface area contributed by atoms with Crippen molar-refractivity contribution >= 4 is 23.4 Å². The maximum absolute atomic E-state index is 13.6. The number of primary amides is 1. The van der Waals surface area contributed by atoms with Crippen molar-refractivity contribution in [1.82, 2.24) is 4.90 Å². The summed E-state index contributed by atoms with van der Waals surface area (Å²) in [7, 11) is 0. The van der Waals surface area contributed by atoms with Crippen LogP contribution >= 0.6 is 0 Å². The number of benzene rings is 1. The van der Waals surface area contributed by atoms with E-state index in [1.54, 1.807) is 6.92 Å². The summed E-state index contributed by atoms with van der Waals surface area (Å²) in [5.41, 5.74) is 2.22. The van der Waals surface area contributed by atoms with E-state index in [1.165, 1.54) is 13.0 Å². The molecule has 2 rings (SSSR count). The molecule has 172 valence electrons. The molecule has 3 amide bonds. The highest BCUT2D eigenvalue weighted by Crippen LogP contribution is 2.33. The van der Waals surface area contributed by atoms with E-state index in [2.05, 4.69) is 5.32 Å². The molecule has 8 nitrogen and oxygen atoms in total. The first-order valence-corrected chi connectivity index (χ1v) is 9.51. The number of alkyl halides is 3. The van der Waals surface area contributed by atoms with Gasteiger partial charge in [0.1, 0.15) is 23.7 Å². The monoisotopic (exact) mass is 449 g/mol. The molecule has 31 heavy (non-hydrogen) atoms. The van der Waals surface area contributed by atoms with E-state index >= 15 is 0 Å². The molecule has 0 spiro atoms. The van der Waals surface area contributed by atoms with Gasteiger partial charge in [-0.1, -0.05) is 13.8 Å². The Morgan fingerprint density at radius 2 is 1.94 bits per heavy atom. The van der Waals surface area contributed by atoms with Gasteiger partial charge in [0.2, 0.25) is 5.60 Å². The van der Waals surface area contributed by atoms with Crippen molar-refractivity contribution in [3.8, 4) is 5.75 Å². The average molecular weight is 449 g/mol. The molecule has 0 saturated carbocycles. The van der Waals surface area contributed by atoms with Crippen LogP contribution in [0.5, 0.6) is 5.75 Å². The predicted octanol–water partition coefficient (Wildman–Crippen LogP) is 1.71. The second-order valence-corrected chi connectivity index (χ2v) is 7.08. The van der Waals surface area contributed by atoms with Gasteiger partial charge in [0, 0.05) is 12.6 Å². The Kier molecular flexibility index (Phi) is 7.14. The molecular formula is C19H23F4N3O5. The zero-order chi connectivity index (χ0) is 23.6. The Morgan fingerprint density at radius 3 is 2.45 bits per heavy atom. The molecule has 1 aromatic rings. The predicted molar refractivity (Wildman–Crippen MR) is 100 cm³/mol. The fourth-order valence-electron chi connectivity index (χ4n) is 3.24. The minimum atomic E-state index is -4.70. The number of ether oxygens (including phenoxy) is 1. The molecule has 1 aliphatic heterocycles. The van der Waals surface area contributed by atoms with Crippen LogP contribution in [0.25, 0.3) is 0 Å². The molecule has 4 N–H and O–H groups in total. The van der Waals surface area contributed by atoms with Crippen LogP contribution in [0.3, 0.4) is 0 Å². The maximum Gasteiger partial charge on any atom is 0.390 e. The number of rotatable bonds is 7. The minimum Gasteiger partial charge on any atom is -0.486 e. The van der Waals surface area contributed by atoms with Crippen molar-refractivity contribution in [2.45, 2.75) is 57.0 Å². The van der Waals surface area contributed by atoms with Gasteiger partial charge in [-0.05, 0) is 25.0 Å². The molecule has 1 aliphatic rings. The van der Waals surface area contributed by atoms with Crippen LogP contribution < -0.4 is 15.8 Å². The van der Waals surface area contributed by atoms with E-state index in [0.29, 0.717) is 4.90 Å². The van der Waals surface area contributed by atoms with E-state index < -0.39 is 66.8 Å². The maximum atomic E-state index is 13.6. The van der Waals surface area contributed by atoms with Gasteiger partial charge in [-0.15, -0.1) is 0 Å². The molecule has 3 atom stereocenters. The number of nitrogens with zero attached hydrogens (tertiary/aromatic N) is 1. The molecular weight excluding hydrogens is 426 g/mol. The van der Waals surface area contributed by atoms with Gasteiger partial charge in [-0.25, -0.2) is 4.39 Å². The Morgan fingerprint density at radius 1 is 1.29 bits per heavy atom. The Balaban J connectivity index is 2.53. The highest BCUT2D eigenvalue weighted by molar-refractivity contribution is 6.09. The van der Waals surface area contributed by atoms with Crippen LogP contribution in [-0.4, -0.2) is 58.2 Å². The summed E-state index contributed by atoms with van der Waals surface area (Å²) in [6.45, 7) is 1.76. The molecule has 0 saturated heterocycles. The number of nitrogens with one attached hydrogen (secondary N) is 1. The third-order valence-corrected chi connectivity index (χ3v) is 5.01. The highest BCUT2D eigenvalue weighted by Gasteiger charge is 2.49. The summed E-state index contributed by atoms with van der Waals surface area (Å²) in [4.78, 5) is 38.1. The van der Waals surface area contributed by atoms with E-state index in [4.69, 9.17) is 10.5 Å². The second kappa shape index (κ2) is 9.08. The fourth-order valence-corrected chi connectivity index (χ4v) is 3.24. The largest absolute Gasteiger partial charge is 0.486 e. The summed E-state index contributed by atoms with van der Waals surface area (Å²) >= 11 is 0. The SMILES string of the molecule is CC[C@H]1Oc2ccc(F)cc2NC(=O)[C@H]1N(CCC(F)(F)F)C(=O)C(O)(CC)C(N)=O. The summed E-state index contributed by atoms with van der Waals surface area (Å²) in [5.74, 6) is -4.53. The zero-order valence-electron chi connectivity index (χ0n) is 16.8. The zero-order valence-corrected chi connectivity index (χ0v) is 16.8. The van der Waals surface area contributed by atoms with Gasteiger partial charge >= 0.3 is 6.18 Å². The number of anilines is 1. The number of carbonyl (C=O) groups is 3. The highest BCUT2D eigenvalue weighted by atomic mass is 19.4. The van der Waals surface area contributed by atoms with Crippen molar-refractivity contribution in [2.75, 3.05) is 11.9 Å². The number of halogens is 4. The first kappa shape index (κ1) is 24.4. The van der Waals surface area contributed by atoms with Crippen molar-refractivity contribution in [3.05, 3.63) is 24.0 Å². The average Bonchev–Trinajstić information content (AvgIpc) is 2.82. The molecule has 12 heteroatoms. The fraction of sp³-hybridized carbons (Fsp3) is 0.526. The van der Waals surface area contributed by atoms with E-state index in [1.807, 2.05) is 0 Å². The van der Waals surface area contributed by atoms with Crippen molar-refractivity contribution in [3.63, 3.8) is 0 Å². The first-order valence-electron chi connectivity index (χ1n) is 9.51. The molecule has 0 aromatic heterocycles. The van der Waals surface area contributed by atoms with Crippen LogP contribution in [0, 0.1) is 5.82 Å². The summed E-state index contributed by atoms with van der Waals surface area (Å²) < 4.78 is 58.1. The first-order chi connectivity index (χ1) is 14.3. The quantitative estimate of drug-likeness (QED) is 0.432. The van der Waals surface area contributed by atoms with Gasteiger partial charge in [-0.3, -0.25) is 14.4 Å². The molecule has 1 aromatic carbocycles. The number of fused-ring (bicyclic) bond motifs is 1. The lowest BCUT2D eigenvalue weighted by atomic mass is 9.95. The number of nitrogens with two attached hydrogens (primary N) is 1. The summed E-state index contributed by atoms with van der Waals surface area (Å²) in [6.07, 6.45) is -7.84. The number of amides is 3. The lowest BCUT2D eigenvalue weighted by molar-refractivity contribution is -0.169.